The standard InChI is InChI=1S/C13H25N3/c1-3-4-5-6-7-8-9-10-16-11-12(2)13(14)15-16/h11H,3-10H2,1-2H3,(H2,14,15). The van der Waals surface area contributed by atoms with Gasteiger partial charge < -0.3 is 5.73 Å². The maximum atomic E-state index is 5.69. The molecule has 3 heteroatoms. The highest BCUT2D eigenvalue weighted by atomic mass is 15.3. The fourth-order valence-electron chi connectivity index (χ4n) is 1.88. The van der Waals surface area contributed by atoms with Crippen LogP contribution in [0.4, 0.5) is 5.82 Å². The number of hydrogen-bond donors (Lipinski definition) is 1. The molecule has 0 aliphatic heterocycles. The Morgan fingerprint density at radius 1 is 1.12 bits per heavy atom. The largest absolute Gasteiger partial charge is 0.382 e. The normalized spacial score (nSPS) is 10.9. The van der Waals surface area contributed by atoms with Gasteiger partial charge in [-0.25, -0.2) is 0 Å². The fourth-order valence-corrected chi connectivity index (χ4v) is 1.88. The molecule has 3 nitrogen and oxygen atoms in total. The summed E-state index contributed by atoms with van der Waals surface area (Å²) in [7, 11) is 0. The van der Waals surface area contributed by atoms with Gasteiger partial charge in [0.05, 0.1) is 0 Å². The maximum absolute atomic E-state index is 5.69. The summed E-state index contributed by atoms with van der Waals surface area (Å²) >= 11 is 0. The summed E-state index contributed by atoms with van der Waals surface area (Å²) in [5, 5.41) is 4.25. The van der Waals surface area contributed by atoms with Crippen molar-refractivity contribution < 1.29 is 0 Å². The summed E-state index contributed by atoms with van der Waals surface area (Å²) < 4.78 is 1.97. The number of nitrogens with two attached hydrogens (primary N) is 1. The van der Waals surface area contributed by atoms with Crippen LogP contribution in [0.5, 0.6) is 0 Å². The number of anilines is 1. The van der Waals surface area contributed by atoms with Crippen LogP contribution in [-0.4, -0.2) is 9.78 Å². The molecule has 0 atom stereocenters. The van der Waals surface area contributed by atoms with Gasteiger partial charge in [0.15, 0.2) is 0 Å². The van der Waals surface area contributed by atoms with Gasteiger partial charge in [0.2, 0.25) is 0 Å². The third kappa shape index (κ3) is 4.69. The SMILES string of the molecule is CCCCCCCCCn1cc(C)c(N)n1. The Bertz CT molecular complexity index is 272. The van der Waals surface area contributed by atoms with Crippen LogP contribution < -0.4 is 5.73 Å². The molecule has 0 saturated heterocycles. The Morgan fingerprint density at radius 3 is 2.31 bits per heavy atom. The minimum Gasteiger partial charge on any atom is -0.382 e. The van der Waals surface area contributed by atoms with Gasteiger partial charge in [0.1, 0.15) is 5.82 Å². The maximum Gasteiger partial charge on any atom is 0.148 e. The Labute approximate surface area is 99.0 Å². The molecular weight excluding hydrogens is 198 g/mol. The van der Waals surface area contributed by atoms with Gasteiger partial charge in [-0.2, -0.15) is 5.10 Å². The van der Waals surface area contributed by atoms with Crippen LogP contribution in [-0.2, 0) is 6.54 Å². The third-order valence-electron chi connectivity index (χ3n) is 2.97. The monoisotopic (exact) mass is 223 g/mol. The van der Waals surface area contributed by atoms with Crippen LogP contribution in [0.2, 0.25) is 0 Å². The molecule has 0 bridgehead atoms. The zero-order chi connectivity index (χ0) is 11.8. The highest BCUT2D eigenvalue weighted by molar-refractivity contribution is 5.35. The van der Waals surface area contributed by atoms with Crippen molar-refractivity contribution in [3.05, 3.63) is 11.8 Å². The molecule has 0 amide bonds. The van der Waals surface area contributed by atoms with Crippen LogP contribution in [0.25, 0.3) is 0 Å². The number of hydrogen-bond acceptors (Lipinski definition) is 2. The van der Waals surface area contributed by atoms with E-state index in [4.69, 9.17) is 5.73 Å². The zero-order valence-corrected chi connectivity index (χ0v) is 10.7. The van der Waals surface area contributed by atoms with E-state index in [2.05, 4.69) is 12.0 Å². The van der Waals surface area contributed by atoms with E-state index in [0.29, 0.717) is 5.82 Å². The molecule has 0 aliphatic carbocycles. The molecule has 1 heterocycles. The van der Waals surface area contributed by atoms with Crippen molar-refractivity contribution in [2.75, 3.05) is 5.73 Å². The lowest BCUT2D eigenvalue weighted by atomic mass is 10.1. The van der Waals surface area contributed by atoms with E-state index in [1.807, 2.05) is 17.8 Å². The zero-order valence-electron chi connectivity index (χ0n) is 10.7. The Kier molecular flexibility index (Phi) is 5.98. The number of nitrogens with zero attached hydrogens (tertiary/aromatic N) is 2. The molecule has 1 rings (SSSR count). The lowest BCUT2D eigenvalue weighted by Crippen LogP contribution is -1.99. The predicted octanol–water partition coefficient (Wildman–Crippen LogP) is 3.52. The van der Waals surface area contributed by atoms with Crippen LogP contribution in [0.3, 0.4) is 0 Å². The highest BCUT2D eigenvalue weighted by Crippen LogP contribution is 2.10. The van der Waals surface area contributed by atoms with Crippen molar-refractivity contribution >= 4 is 5.82 Å². The second kappa shape index (κ2) is 7.31. The lowest BCUT2D eigenvalue weighted by Gasteiger charge is -2.01. The van der Waals surface area contributed by atoms with Crippen molar-refractivity contribution in [1.82, 2.24) is 9.78 Å². The van der Waals surface area contributed by atoms with E-state index in [1.54, 1.807) is 0 Å². The van der Waals surface area contributed by atoms with Gasteiger partial charge >= 0.3 is 0 Å². The van der Waals surface area contributed by atoms with Crippen LogP contribution >= 0.6 is 0 Å². The van der Waals surface area contributed by atoms with Crippen LogP contribution in [0, 0.1) is 6.92 Å². The molecule has 0 aliphatic rings. The summed E-state index contributed by atoms with van der Waals surface area (Å²) in [5.74, 6) is 0.669. The molecule has 0 radical (unpaired) electrons. The molecule has 0 unspecified atom stereocenters. The van der Waals surface area contributed by atoms with Gasteiger partial charge in [-0.15, -0.1) is 0 Å². The summed E-state index contributed by atoms with van der Waals surface area (Å²) in [4.78, 5) is 0. The summed E-state index contributed by atoms with van der Waals surface area (Å²) in [6, 6.07) is 0. The quantitative estimate of drug-likeness (QED) is 0.685. The molecule has 0 saturated carbocycles. The van der Waals surface area contributed by atoms with E-state index in [1.165, 1.54) is 44.9 Å². The molecule has 16 heavy (non-hydrogen) atoms. The molecular formula is C13H25N3. The molecule has 1 aromatic heterocycles. The molecule has 0 spiro atoms. The van der Waals surface area contributed by atoms with Gasteiger partial charge in [0, 0.05) is 18.3 Å². The Balaban J connectivity index is 2.03. The second-order valence-electron chi connectivity index (χ2n) is 4.58. The first-order valence-corrected chi connectivity index (χ1v) is 6.53. The predicted molar refractivity (Wildman–Crippen MR) is 69.4 cm³/mol. The molecule has 0 fully saturated rings. The molecule has 2 N–H and O–H groups in total. The average molecular weight is 223 g/mol. The van der Waals surface area contributed by atoms with Gasteiger partial charge in [-0.05, 0) is 13.3 Å². The van der Waals surface area contributed by atoms with Crippen LogP contribution in [0.1, 0.15) is 57.4 Å². The fraction of sp³-hybridized carbons (Fsp3) is 0.769. The summed E-state index contributed by atoms with van der Waals surface area (Å²) in [5.41, 5.74) is 6.78. The smallest absolute Gasteiger partial charge is 0.148 e. The van der Waals surface area contributed by atoms with E-state index in [0.717, 1.165) is 12.1 Å². The van der Waals surface area contributed by atoms with E-state index >= 15 is 0 Å². The lowest BCUT2D eigenvalue weighted by molar-refractivity contribution is 0.524. The topological polar surface area (TPSA) is 43.8 Å². The minimum absolute atomic E-state index is 0.669. The second-order valence-corrected chi connectivity index (χ2v) is 4.58. The molecule has 0 aromatic carbocycles. The third-order valence-corrected chi connectivity index (χ3v) is 2.97. The van der Waals surface area contributed by atoms with Crippen molar-refractivity contribution in [2.45, 2.75) is 65.3 Å². The van der Waals surface area contributed by atoms with Gasteiger partial charge in [-0.1, -0.05) is 45.4 Å². The van der Waals surface area contributed by atoms with Crippen LogP contribution in [0.15, 0.2) is 6.20 Å². The Hall–Kier alpha value is -0.990. The van der Waals surface area contributed by atoms with E-state index < -0.39 is 0 Å². The number of nitrogen functional groups attached to an aromatic ring is 1. The van der Waals surface area contributed by atoms with E-state index in [-0.39, 0.29) is 0 Å². The van der Waals surface area contributed by atoms with Crippen molar-refractivity contribution in [3.8, 4) is 0 Å². The first-order valence-electron chi connectivity index (χ1n) is 6.53. The highest BCUT2D eigenvalue weighted by Gasteiger charge is 1.99. The van der Waals surface area contributed by atoms with E-state index in [9.17, 15) is 0 Å². The number of unbranched alkanes of at least 4 members (excludes halogenated alkanes) is 6. The molecule has 1 aromatic rings. The minimum atomic E-state index is 0.669. The average Bonchev–Trinajstić information content (AvgIpc) is 2.57. The van der Waals surface area contributed by atoms with Gasteiger partial charge in [-0.3, -0.25) is 4.68 Å². The first-order chi connectivity index (χ1) is 7.74. The van der Waals surface area contributed by atoms with Gasteiger partial charge in [0.25, 0.3) is 0 Å². The number of aromatic nitrogens is 2. The van der Waals surface area contributed by atoms with Crippen molar-refractivity contribution in [1.29, 1.82) is 0 Å². The van der Waals surface area contributed by atoms with Crippen molar-refractivity contribution in [3.63, 3.8) is 0 Å². The Morgan fingerprint density at radius 2 is 1.75 bits per heavy atom. The summed E-state index contributed by atoms with van der Waals surface area (Å²) in [6.45, 7) is 5.26. The first kappa shape index (κ1) is 13.1. The molecule has 92 valence electrons. The van der Waals surface area contributed by atoms with Crippen molar-refractivity contribution in [2.24, 2.45) is 0 Å². The summed E-state index contributed by atoms with van der Waals surface area (Å²) in [6.07, 6.45) is 11.4. The number of aryl methyl sites for hydroxylation is 2. The number of rotatable bonds is 8.